The van der Waals surface area contributed by atoms with E-state index in [1.165, 1.54) is 0 Å². The third-order valence-electron chi connectivity index (χ3n) is 4.19. The molecule has 3 heterocycles. The molecule has 0 bridgehead atoms. The molecule has 9 nitrogen and oxygen atoms in total. The number of hydrogen-bond acceptors (Lipinski definition) is 7. The van der Waals surface area contributed by atoms with Crippen molar-refractivity contribution in [1.82, 2.24) is 29.8 Å². The van der Waals surface area contributed by atoms with Crippen LogP contribution in [0.5, 0.6) is 5.75 Å². The Hall–Kier alpha value is -2.75. The van der Waals surface area contributed by atoms with Gasteiger partial charge >= 0.3 is 0 Å². The number of para-hydroxylation sites is 1. The summed E-state index contributed by atoms with van der Waals surface area (Å²) in [6, 6.07) is 9.20. The minimum Gasteiger partial charge on any atom is -0.486 e. The number of hydrogen-bond donors (Lipinski definition) is 0. The zero-order chi connectivity index (χ0) is 18.0. The molecule has 2 aromatic heterocycles. The standard InChI is InChI=1S/C16H18N6O3S/c23-26(24)9-6-13(12-26)22-16(10-21-8-7-17-20-21)18-15(19-22)11-25-14-4-2-1-3-5-14/h1-5,7-8,13H,6,9-12H2/t13-/m1/s1. The molecule has 0 radical (unpaired) electrons. The highest BCUT2D eigenvalue weighted by atomic mass is 32.2. The second-order valence-electron chi connectivity index (χ2n) is 6.15. The smallest absolute Gasteiger partial charge is 0.188 e. The van der Waals surface area contributed by atoms with Gasteiger partial charge < -0.3 is 4.74 Å². The van der Waals surface area contributed by atoms with Crippen molar-refractivity contribution in [3.05, 3.63) is 54.4 Å². The molecule has 1 aliphatic rings. The number of aromatic nitrogens is 6. The molecule has 0 saturated carbocycles. The van der Waals surface area contributed by atoms with Crippen LogP contribution in [0.15, 0.2) is 42.7 Å². The van der Waals surface area contributed by atoms with Crippen molar-refractivity contribution in [2.45, 2.75) is 25.6 Å². The maximum atomic E-state index is 11.8. The van der Waals surface area contributed by atoms with Gasteiger partial charge in [0.25, 0.3) is 0 Å². The van der Waals surface area contributed by atoms with Crippen LogP contribution >= 0.6 is 0 Å². The van der Waals surface area contributed by atoms with Crippen LogP contribution < -0.4 is 4.74 Å². The van der Waals surface area contributed by atoms with Gasteiger partial charge in [0.15, 0.2) is 15.7 Å². The Labute approximate surface area is 150 Å². The molecule has 0 amide bonds. The van der Waals surface area contributed by atoms with Crippen molar-refractivity contribution in [1.29, 1.82) is 0 Å². The monoisotopic (exact) mass is 374 g/mol. The molecule has 1 saturated heterocycles. The van der Waals surface area contributed by atoms with Gasteiger partial charge in [0.1, 0.15) is 24.7 Å². The molecule has 1 atom stereocenters. The summed E-state index contributed by atoms with van der Waals surface area (Å²) in [6.07, 6.45) is 3.85. The maximum absolute atomic E-state index is 11.8. The van der Waals surface area contributed by atoms with Crippen LogP contribution in [0.2, 0.25) is 0 Å². The third-order valence-corrected chi connectivity index (χ3v) is 5.94. The van der Waals surface area contributed by atoms with Crippen LogP contribution in [0.25, 0.3) is 0 Å². The Kier molecular flexibility index (Phi) is 4.41. The second-order valence-corrected chi connectivity index (χ2v) is 8.38. The zero-order valence-electron chi connectivity index (χ0n) is 14.0. The van der Waals surface area contributed by atoms with E-state index in [9.17, 15) is 8.42 Å². The molecule has 4 rings (SSSR count). The zero-order valence-corrected chi connectivity index (χ0v) is 14.8. The van der Waals surface area contributed by atoms with Gasteiger partial charge in [0.05, 0.1) is 23.7 Å². The molecule has 0 N–H and O–H groups in total. The quantitative estimate of drug-likeness (QED) is 0.630. The maximum Gasteiger partial charge on any atom is 0.188 e. The van der Waals surface area contributed by atoms with E-state index in [0.717, 1.165) is 5.75 Å². The first-order valence-corrected chi connectivity index (χ1v) is 10.1. The summed E-state index contributed by atoms with van der Waals surface area (Å²) >= 11 is 0. The summed E-state index contributed by atoms with van der Waals surface area (Å²) in [5.41, 5.74) is 0. The second kappa shape index (κ2) is 6.87. The number of nitrogens with zero attached hydrogens (tertiary/aromatic N) is 6. The minimum absolute atomic E-state index is 0.0830. The lowest BCUT2D eigenvalue weighted by Crippen LogP contribution is -2.17. The van der Waals surface area contributed by atoms with Gasteiger partial charge in [-0.25, -0.2) is 22.8 Å². The van der Waals surface area contributed by atoms with Gasteiger partial charge in [0, 0.05) is 6.20 Å². The molecular formula is C16H18N6O3S. The van der Waals surface area contributed by atoms with E-state index < -0.39 is 9.84 Å². The first-order valence-electron chi connectivity index (χ1n) is 8.26. The van der Waals surface area contributed by atoms with E-state index in [4.69, 9.17) is 4.74 Å². The number of ether oxygens (including phenoxy) is 1. The summed E-state index contributed by atoms with van der Waals surface area (Å²) in [7, 11) is -3.02. The van der Waals surface area contributed by atoms with Gasteiger partial charge in [-0.1, -0.05) is 23.4 Å². The third kappa shape index (κ3) is 3.74. The number of rotatable bonds is 6. The molecule has 3 aromatic rings. The van der Waals surface area contributed by atoms with Crippen molar-refractivity contribution in [3.63, 3.8) is 0 Å². The Morgan fingerprint density at radius 3 is 2.77 bits per heavy atom. The van der Waals surface area contributed by atoms with Crippen LogP contribution in [0.3, 0.4) is 0 Å². The molecule has 1 fully saturated rings. The van der Waals surface area contributed by atoms with E-state index in [0.29, 0.717) is 24.6 Å². The van der Waals surface area contributed by atoms with Crippen molar-refractivity contribution in [2.24, 2.45) is 0 Å². The molecule has 0 unspecified atom stereocenters. The normalized spacial score (nSPS) is 18.8. The average Bonchev–Trinajstić information content (AvgIpc) is 3.35. The Bertz CT molecular complexity index is 969. The predicted molar refractivity (Wildman–Crippen MR) is 92.2 cm³/mol. The van der Waals surface area contributed by atoms with Crippen LogP contribution in [0.4, 0.5) is 0 Å². The molecule has 1 aliphatic heterocycles. The molecular weight excluding hydrogens is 356 g/mol. The van der Waals surface area contributed by atoms with Gasteiger partial charge in [-0.05, 0) is 18.6 Å². The lowest BCUT2D eigenvalue weighted by atomic mass is 10.3. The molecule has 136 valence electrons. The van der Waals surface area contributed by atoms with E-state index >= 15 is 0 Å². The summed E-state index contributed by atoms with van der Waals surface area (Å²) in [6.45, 7) is 0.579. The fourth-order valence-corrected chi connectivity index (χ4v) is 4.65. The Balaban J connectivity index is 1.57. The average molecular weight is 374 g/mol. The van der Waals surface area contributed by atoms with Crippen LogP contribution in [-0.2, 0) is 23.0 Å². The van der Waals surface area contributed by atoms with Crippen molar-refractivity contribution >= 4 is 9.84 Å². The summed E-state index contributed by atoms with van der Waals surface area (Å²) in [4.78, 5) is 4.54. The highest BCUT2D eigenvalue weighted by Crippen LogP contribution is 2.24. The molecule has 1 aromatic carbocycles. The van der Waals surface area contributed by atoms with Crippen LogP contribution in [0, 0.1) is 0 Å². The number of sulfone groups is 1. The SMILES string of the molecule is O=S1(=O)CC[C@@H](n2nc(COc3ccccc3)nc2Cn2ccnn2)C1. The lowest BCUT2D eigenvalue weighted by molar-refractivity contribution is 0.294. The summed E-state index contributed by atoms with van der Waals surface area (Å²) in [5, 5.41) is 12.2. The van der Waals surface area contributed by atoms with E-state index in [1.807, 2.05) is 30.3 Å². The summed E-state index contributed by atoms with van der Waals surface area (Å²) in [5.74, 6) is 2.14. The van der Waals surface area contributed by atoms with Crippen molar-refractivity contribution in [2.75, 3.05) is 11.5 Å². The first-order chi connectivity index (χ1) is 12.6. The van der Waals surface area contributed by atoms with Gasteiger partial charge in [-0.2, -0.15) is 5.10 Å². The highest BCUT2D eigenvalue weighted by molar-refractivity contribution is 7.91. The molecule has 0 spiro atoms. The van der Waals surface area contributed by atoms with Gasteiger partial charge in [-0.15, -0.1) is 5.10 Å². The van der Waals surface area contributed by atoms with Crippen molar-refractivity contribution in [3.8, 4) is 5.75 Å². The lowest BCUT2D eigenvalue weighted by Gasteiger charge is -2.11. The van der Waals surface area contributed by atoms with E-state index in [-0.39, 0.29) is 24.2 Å². The van der Waals surface area contributed by atoms with Gasteiger partial charge in [-0.3, -0.25) is 0 Å². The highest BCUT2D eigenvalue weighted by Gasteiger charge is 2.32. The summed E-state index contributed by atoms with van der Waals surface area (Å²) < 4.78 is 32.7. The van der Waals surface area contributed by atoms with Crippen molar-refractivity contribution < 1.29 is 13.2 Å². The van der Waals surface area contributed by atoms with Crippen LogP contribution in [-0.4, -0.2) is 49.7 Å². The number of benzene rings is 1. The topological polar surface area (TPSA) is 105 Å². The molecule has 26 heavy (non-hydrogen) atoms. The first kappa shape index (κ1) is 16.7. The van der Waals surface area contributed by atoms with Crippen LogP contribution in [0.1, 0.15) is 24.1 Å². The predicted octanol–water partition coefficient (Wildman–Crippen LogP) is 0.856. The largest absolute Gasteiger partial charge is 0.486 e. The fraction of sp³-hybridized carbons (Fsp3) is 0.375. The minimum atomic E-state index is -3.02. The van der Waals surface area contributed by atoms with E-state index in [1.54, 1.807) is 21.8 Å². The molecule has 10 heteroatoms. The Morgan fingerprint density at radius 1 is 1.23 bits per heavy atom. The van der Waals surface area contributed by atoms with E-state index in [2.05, 4.69) is 20.4 Å². The Morgan fingerprint density at radius 2 is 2.08 bits per heavy atom. The van der Waals surface area contributed by atoms with Gasteiger partial charge in [0.2, 0.25) is 0 Å². The molecule has 0 aliphatic carbocycles. The fourth-order valence-electron chi connectivity index (χ4n) is 2.96.